The smallest absolute Gasteiger partial charge is 0.338 e. The van der Waals surface area contributed by atoms with Crippen molar-refractivity contribution in [2.75, 3.05) is 7.11 Å². The maximum Gasteiger partial charge on any atom is 0.338 e. The molecule has 4 nitrogen and oxygen atoms in total. The number of alkyl halides is 1. The van der Waals surface area contributed by atoms with Gasteiger partial charge in [0.15, 0.2) is 0 Å². The number of halogens is 1. The molecule has 1 unspecified atom stereocenters. The van der Waals surface area contributed by atoms with Crippen LogP contribution in [-0.2, 0) is 4.74 Å². The van der Waals surface area contributed by atoms with Crippen LogP contribution in [0.15, 0.2) is 18.3 Å². The Morgan fingerprint density at radius 2 is 2.36 bits per heavy atom. The van der Waals surface area contributed by atoms with Crippen molar-refractivity contribution in [1.29, 1.82) is 5.41 Å². The summed E-state index contributed by atoms with van der Waals surface area (Å²) in [7, 11) is 1.30. The van der Waals surface area contributed by atoms with E-state index in [-0.39, 0.29) is 11.0 Å². The normalized spacial score (nSPS) is 12.2. The van der Waals surface area contributed by atoms with Crippen molar-refractivity contribution in [3.8, 4) is 0 Å². The van der Waals surface area contributed by atoms with Crippen LogP contribution in [0.3, 0.4) is 0 Å². The summed E-state index contributed by atoms with van der Waals surface area (Å²) in [6.07, 6.45) is 1.59. The lowest BCUT2D eigenvalue weighted by Crippen LogP contribution is -2.21. The minimum absolute atomic E-state index is 0.176. The maximum atomic E-state index is 11.1. The molecule has 0 aliphatic heterocycles. The van der Waals surface area contributed by atoms with Gasteiger partial charge in [-0.3, -0.25) is 5.41 Å². The van der Waals surface area contributed by atoms with Gasteiger partial charge in [-0.25, -0.2) is 4.79 Å². The van der Waals surface area contributed by atoms with Gasteiger partial charge in [-0.05, 0) is 19.1 Å². The molecule has 0 aromatic carbocycles. The van der Waals surface area contributed by atoms with E-state index in [0.717, 1.165) is 0 Å². The van der Waals surface area contributed by atoms with Crippen LogP contribution >= 0.6 is 11.6 Å². The number of nitrogens with zero attached hydrogens (tertiary/aromatic N) is 1. The predicted octanol–water partition coefficient (Wildman–Crippen LogP) is 1.51. The molecule has 1 heterocycles. The molecule has 14 heavy (non-hydrogen) atoms. The number of hydrogen-bond donors (Lipinski definition) is 1. The lowest BCUT2D eigenvalue weighted by Gasteiger charge is -2.09. The summed E-state index contributed by atoms with van der Waals surface area (Å²) >= 11 is 5.80. The Balaban J connectivity index is 3.13. The van der Waals surface area contributed by atoms with Gasteiger partial charge in [0.1, 0.15) is 11.0 Å². The molecule has 0 spiro atoms. The molecule has 0 aliphatic carbocycles. The largest absolute Gasteiger partial charge is 0.465 e. The van der Waals surface area contributed by atoms with Crippen LogP contribution in [-0.4, -0.2) is 17.6 Å². The van der Waals surface area contributed by atoms with Gasteiger partial charge in [0.25, 0.3) is 0 Å². The van der Waals surface area contributed by atoms with Gasteiger partial charge in [0.2, 0.25) is 0 Å². The van der Waals surface area contributed by atoms with Crippen LogP contribution in [0.4, 0.5) is 0 Å². The fourth-order valence-corrected chi connectivity index (χ4v) is 1.24. The second kappa shape index (κ2) is 4.28. The third kappa shape index (κ3) is 2.14. The first-order valence-corrected chi connectivity index (χ1v) is 4.49. The van der Waals surface area contributed by atoms with Crippen molar-refractivity contribution in [3.63, 3.8) is 0 Å². The minimum atomic E-state index is -0.451. The van der Waals surface area contributed by atoms with Crippen molar-refractivity contribution < 1.29 is 9.53 Å². The molecule has 1 aromatic rings. The van der Waals surface area contributed by atoms with Crippen LogP contribution in [0.25, 0.3) is 0 Å². The van der Waals surface area contributed by atoms with Crippen molar-refractivity contribution in [2.45, 2.75) is 12.4 Å². The zero-order valence-corrected chi connectivity index (χ0v) is 8.71. The third-order valence-corrected chi connectivity index (χ3v) is 2.00. The van der Waals surface area contributed by atoms with Crippen LogP contribution < -0.4 is 5.49 Å². The predicted molar refractivity (Wildman–Crippen MR) is 52.2 cm³/mol. The van der Waals surface area contributed by atoms with Gasteiger partial charge in [0.05, 0.1) is 12.7 Å². The fraction of sp³-hybridized carbons (Fsp3) is 0.333. The number of esters is 1. The lowest BCUT2D eigenvalue weighted by molar-refractivity contribution is 0.0600. The lowest BCUT2D eigenvalue weighted by atomic mass is 10.2. The summed E-state index contributed by atoms with van der Waals surface area (Å²) in [6, 6.07) is 2.99. The Morgan fingerprint density at radius 1 is 1.71 bits per heavy atom. The number of nitrogens with one attached hydrogen (secondary N) is 1. The second-order valence-corrected chi connectivity index (χ2v) is 3.41. The van der Waals surface area contributed by atoms with Crippen LogP contribution in [0.5, 0.6) is 0 Å². The standard InChI is InChI=1S/C9H11ClN2O2/c1-6(10)12-4-3-7(5-8(12)11)9(13)14-2/h3-6,11H,1-2H3. The number of ether oxygens (including phenoxy) is 1. The van der Waals surface area contributed by atoms with E-state index >= 15 is 0 Å². The van der Waals surface area contributed by atoms with Gasteiger partial charge in [0, 0.05) is 6.20 Å². The molecule has 76 valence electrons. The minimum Gasteiger partial charge on any atom is -0.465 e. The highest BCUT2D eigenvalue weighted by Gasteiger charge is 2.07. The number of methoxy groups -OCH3 is 1. The number of hydrogen-bond acceptors (Lipinski definition) is 3. The van der Waals surface area contributed by atoms with Gasteiger partial charge in [-0.15, -0.1) is 0 Å². The van der Waals surface area contributed by atoms with E-state index in [9.17, 15) is 4.79 Å². The van der Waals surface area contributed by atoms with Crippen LogP contribution in [0.2, 0.25) is 0 Å². The topological polar surface area (TPSA) is 55.1 Å². The molecule has 1 rings (SSSR count). The number of aromatic nitrogens is 1. The van der Waals surface area contributed by atoms with Crippen LogP contribution in [0.1, 0.15) is 22.8 Å². The third-order valence-electron chi connectivity index (χ3n) is 1.79. The summed E-state index contributed by atoms with van der Waals surface area (Å²) in [4.78, 5) is 11.1. The molecule has 0 fully saturated rings. The first kappa shape index (κ1) is 10.8. The van der Waals surface area contributed by atoms with E-state index in [1.165, 1.54) is 17.7 Å². The van der Waals surface area contributed by atoms with Crippen molar-refractivity contribution in [1.82, 2.24) is 4.57 Å². The Morgan fingerprint density at radius 3 is 2.79 bits per heavy atom. The van der Waals surface area contributed by atoms with E-state index in [2.05, 4.69) is 4.74 Å². The number of carbonyl (C=O) groups is 1. The highest BCUT2D eigenvalue weighted by molar-refractivity contribution is 6.18. The summed E-state index contributed by atoms with van der Waals surface area (Å²) in [5, 5.41) is 7.58. The molecule has 5 heteroatoms. The maximum absolute atomic E-state index is 11.1. The average Bonchev–Trinajstić information content (AvgIpc) is 2.15. The Labute approximate surface area is 86.6 Å². The fourth-order valence-electron chi connectivity index (χ4n) is 1.07. The molecule has 1 aromatic heterocycles. The van der Waals surface area contributed by atoms with Crippen molar-refractivity contribution in [3.05, 3.63) is 29.4 Å². The molecule has 0 radical (unpaired) electrons. The SMILES string of the molecule is COC(=O)c1ccn(C(C)Cl)c(=N)c1. The van der Waals surface area contributed by atoms with E-state index < -0.39 is 5.97 Å². The number of rotatable bonds is 2. The summed E-state index contributed by atoms with van der Waals surface area (Å²) in [5.41, 5.74) is 0.218. The quantitative estimate of drug-likeness (QED) is 0.599. The Bertz CT molecular complexity index is 398. The van der Waals surface area contributed by atoms with E-state index in [4.69, 9.17) is 17.0 Å². The molecule has 0 amide bonds. The highest BCUT2D eigenvalue weighted by Crippen LogP contribution is 2.07. The first-order chi connectivity index (χ1) is 6.56. The van der Waals surface area contributed by atoms with E-state index in [0.29, 0.717) is 5.56 Å². The summed E-state index contributed by atoms with van der Waals surface area (Å²) in [6.45, 7) is 1.75. The highest BCUT2D eigenvalue weighted by atomic mass is 35.5. The molecule has 0 saturated carbocycles. The van der Waals surface area contributed by atoms with E-state index in [1.54, 1.807) is 19.2 Å². The molecular formula is C9H11ClN2O2. The van der Waals surface area contributed by atoms with Crippen molar-refractivity contribution >= 4 is 17.6 Å². The van der Waals surface area contributed by atoms with Gasteiger partial charge in [-0.1, -0.05) is 11.6 Å². The summed E-state index contributed by atoms with van der Waals surface area (Å²) < 4.78 is 6.06. The Hall–Kier alpha value is -1.29. The first-order valence-electron chi connectivity index (χ1n) is 4.05. The molecule has 0 saturated heterocycles. The zero-order chi connectivity index (χ0) is 10.7. The van der Waals surface area contributed by atoms with E-state index in [1.807, 2.05) is 0 Å². The Kier molecular flexibility index (Phi) is 3.30. The molecule has 1 N–H and O–H groups in total. The monoisotopic (exact) mass is 214 g/mol. The molecule has 0 bridgehead atoms. The van der Waals surface area contributed by atoms with Gasteiger partial charge >= 0.3 is 5.97 Å². The van der Waals surface area contributed by atoms with Gasteiger partial charge in [-0.2, -0.15) is 0 Å². The molecular weight excluding hydrogens is 204 g/mol. The van der Waals surface area contributed by atoms with Crippen LogP contribution in [0, 0.1) is 5.41 Å². The van der Waals surface area contributed by atoms with Crippen molar-refractivity contribution in [2.24, 2.45) is 0 Å². The average molecular weight is 215 g/mol. The second-order valence-electron chi connectivity index (χ2n) is 2.77. The molecule has 1 atom stereocenters. The number of carbonyl (C=O) groups excluding carboxylic acids is 1. The van der Waals surface area contributed by atoms with Gasteiger partial charge < -0.3 is 9.30 Å². The number of pyridine rings is 1. The zero-order valence-electron chi connectivity index (χ0n) is 7.95. The summed E-state index contributed by atoms with van der Waals surface area (Å²) in [5.74, 6) is -0.451. The molecule has 0 aliphatic rings.